The number of nitrogens with zero attached hydrogens (tertiary/aromatic N) is 3. The summed E-state index contributed by atoms with van der Waals surface area (Å²) in [5.74, 6) is 0.734. The van der Waals surface area contributed by atoms with Crippen LogP contribution < -0.4 is 10.1 Å². The molecule has 1 atom stereocenters. The Kier molecular flexibility index (Phi) is 4.21. The van der Waals surface area contributed by atoms with Crippen LogP contribution in [0.4, 0.5) is 0 Å². The van der Waals surface area contributed by atoms with E-state index in [9.17, 15) is 4.79 Å². The largest absolute Gasteiger partial charge is 0.488 e. The Morgan fingerprint density at radius 1 is 1.40 bits per heavy atom. The quantitative estimate of drug-likeness (QED) is 0.927. The molecule has 25 heavy (non-hydrogen) atoms. The van der Waals surface area contributed by atoms with Crippen molar-refractivity contribution < 1.29 is 9.53 Å². The highest BCUT2D eigenvalue weighted by Gasteiger charge is 2.29. The minimum atomic E-state index is -0.109. The van der Waals surface area contributed by atoms with E-state index in [1.165, 1.54) is 6.42 Å². The number of ether oxygens (including phenoxy) is 1. The first-order chi connectivity index (χ1) is 12.2. The van der Waals surface area contributed by atoms with Crippen molar-refractivity contribution in [1.29, 1.82) is 0 Å². The summed E-state index contributed by atoms with van der Waals surface area (Å²) in [4.78, 5) is 15.2. The van der Waals surface area contributed by atoms with Gasteiger partial charge in [-0.05, 0) is 38.1 Å². The van der Waals surface area contributed by atoms with Gasteiger partial charge in [-0.1, -0.05) is 19.1 Å². The van der Waals surface area contributed by atoms with E-state index in [4.69, 9.17) is 4.74 Å². The standard InChI is InChI=1S/C19H24N4O2/c1-3-23-10-6-7-13(23)11-20-19(24)17-15-12-25-16-9-5-4-8-14(16)18(15)22(2)21-17/h4-5,8-9,13H,3,6-7,10-12H2,1-2H3,(H,20,24)/t13-/m1/s1. The first-order valence-electron chi connectivity index (χ1n) is 8.99. The molecule has 1 amide bonds. The number of amides is 1. The molecule has 2 aliphatic heterocycles. The third kappa shape index (κ3) is 2.80. The maximum Gasteiger partial charge on any atom is 0.272 e. The highest BCUT2D eigenvalue weighted by atomic mass is 16.5. The van der Waals surface area contributed by atoms with Crippen LogP contribution in [0.2, 0.25) is 0 Å². The van der Waals surface area contributed by atoms with Gasteiger partial charge >= 0.3 is 0 Å². The molecule has 0 spiro atoms. The van der Waals surface area contributed by atoms with E-state index in [-0.39, 0.29) is 5.91 Å². The molecule has 4 rings (SSSR count). The number of aryl methyl sites for hydroxylation is 1. The number of hydrogen-bond acceptors (Lipinski definition) is 4. The first-order valence-corrected chi connectivity index (χ1v) is 8.99. The topological polar surface area (TPSA) is 59.4 Å². The Morgan fingerprint density at radius 3 is 3.08 bits per heavy atom. The highest BCUT2D eigenvalue weighted by Crippen LogP contribution is 2.38. The average Bonchev–Trinajstić information content (AvgIpc) is 3.23. The number of carbonyl (C=O) groups excluding carboxylic acids is 1. The Morgan fingerprint density at radius 2 is 2.24 bits per heavy atom. The van der Waals surface area contributed by atoms with Gasteiger partial charge < -0.3 is 10.1 Å². The van der Waals surface area contributed by atoms with Gasteiger partial charge in [0.05, 0.1) is 5.69 Å². The molecule has 132 valence electrons. The first kappa shape index (κ1) is 16.1. The van der Waals surface area contributed by atoms with Crippen molar-refractivity contribution in [2.75, 3.05) is 19.6 Å². The highest BCUT2D eigenvalue weighted by molar-refractivity contribution is 5.96. The van der Waals surface area contributed by atoms with Gasteiger partial charge in [0.1, 0.15) is 12.4 Å². The summed E-state index contributed by atoms with van der Waals surface area (Å²) in [7, 11) is 1.88. The lowest BCUT2D eigenvalue weighted by atomic mass is 10.0. The SMILES string of the molecule is CCN1CCC[C@@H]1CNC(=O)c1nn(C)c2c1COc1ccccc1-2. The van der Waals surface area contributed by atoms with Crippen LogP contribution in [-0.4, -0.2) is 46.3 Å². The second-order valence-electron chi connectivity index (χ2n) is 6.72. The smallest absolute Gasteiger partial charge is 0.272 e. The lowest BCUT2D eigenvalue weighted by Gasteiger charge is -2.23. The molecule has 0 radical (unpaired) electrons. The van der Waals surface area contributed by atoms with Gasteiger partial charge in [0, 0.05) is 30.8 Å². The summed E-state index contributed by atoms with van der Waals surface area (Å²) in [6.45, 7) is 5.39. The molecular weight excluding hydrogens is 316 g/mol. The molecule has 1 aromatic heterocycles. The molecular formula is C19H24N4O2. The number of para-hydroxylation sites is 1. The summed E-state index contributed by atoms with van der Waals surface area (Å²) in [6.07, 6.45) is 2.35. The minimum absolute atomic E-state index is 0.109. The number of benzene rings is 1. The third-order valence-electron chi connectivity index (χ3n) is 5.28. The lowest BCUT2D eigenvalue weighted by Crippen LogP contribution is -2.40. The molecule has 1 aromatic carbocycles. The normalized spacial score (nSPS) is 19.2. The molecule has 3 heterocycles. The van der Waals surface area contributed by atoms with E-state index >= 15 is 0 Å². The molecule has 6 heteroatoms. The van der Waals surface area contributed by atoms with Crippen molar-refractivity contribution in [2.24, 2.45) is 7.05 Å². The second-order valence-corrected chi connectivity index (χ2v) is 6.72. The van der Waals surface area contributed by atoms with Gasteiger partial charge in [-0.2, -0.15) is 5.10 Å². The monoisotopic (exact) mass is 340 g/mol. The fourth-order valence-corrected chi connectivity index (χ4v) is 4.00. The van der Waals surface area contributed by atoms with E-state index < -0.39 is 0 Å². The van der Waals surface area contributed by atoms with E-state index in [1.807, 2.05) is 31.3 Å². The van der Waals surface area contributed by atoms with Crippen LogP contribution in [-0.2, 0) is 13.7 Å². The Labute approximate surface area is 147 Å². The molecule has 0 unspecified atom stereocenters. The zero-order chi connectivity index (χ0) is 17.4. The van der Waals surface area contributed by atoms with Gasteiger partial charge in [-0.25, -0.2) is 0 Å². The fraction of sp³-hybridized carbons (Fsp3) is 0.474. The summed E-state index contributed by atoms with van der Waals surface area (Å²) in [6, 6.07) is 8.32. The maximum atomic E-state index is 12.7. The Hall–Kier alpha value is -2.34. The molecule has 0 aliphatic carbocycles. The van der Waals surface area contributed by atoms with Gasteiger partial charge in [0.15, 0.2) is 5.69 Å². The van der Waals surface area contributed by atoms with Gasteiger partial charge in [-0.15, -0.1) is 0 Å². The second kappa shape index (κ2) is 6.52. The van der Waals surface area contributed by atoms with Crippen LogP contribution in [0.5, 0.6) is 5.75 Å². The summed E-state index contributed by atoms with van der Waals surface area (Å²) in [5, 5.41) is 7.57. The fourth-order valence-electron chi connectivity index (χ4n) is 4.00. The van der Waals surface area contributed by atoms with Crippen LogP contribution in [0.15, 0.2) is 24.3 Å². The number of hydrogen-bond donors (Lipinski definition) is 1. The van der Waals surface area contributed by atoms with Gasteiger partial charge in [0.25, 0.3) is 5.91 Å². The maximum absolute atomic E-state index is 12.7. The van der Waals surface area contributed by atoms with Crippen molar-refractivity contribution in [1.82, 2.24) is 20.0 Å². The molecule has 1 saturated heterocycles. The molecule has 2 aliphatic rings. The van der Waals surface area contributed by atoms with Crippen molar-refractivity contribution >= 4 is 5.91 Å². The Bertz CT molecular complexity index is 799. The van der Waals surface area contributed by atoms with Gasteiger partial charge in [0.2, 0.25) is 0 Å². The van der Waals surface area contributed by atoms with Crippen molar-refractivity contribution in [3.8, 4) is 17.0 Å². The molecule has 1 N–H and O–H groups in total. The number of fused-ring (bicyclic) bond motifs is 3. The number of likely N-dealkylation sites (tertiary alicyclic amines) is 1. The number of likely N-dealkylation sites (N-methyl/N-ethyl adjacent to an activating group) is 1. The van der Waals surface area contributed by atoms with Crippen LogP contribution in [0.25, 0.3) is 11.3 Å². The van der Waals surface area contributed by atoms with E-state index in [2.05, 4.69) is 22.2 Å². The minimum Gasteiger partial charge on any atom is -0.488 e. The number of aromatic nitrogens is 2. The van der Waals surface area contributed by atoms with Gasteiger partial charge in [-0.3, -0.25) is 14.4 Å². The van der Waals surface area contributed by atoms with Crippen molar-refractivity contribution in [3.63, 3.8) is 0 Å². The van der Waals surface area contributed by atoms with Crippen LogP contribution >= 0.6 is 0 Å². The molecule has 6 nitrogen and oxygen atoms in total. The molecule has 0 saturated carbocycles. The zero-order valence-corrected chi connectivity index (χ0v) is 14.8. The zero-order valence-electron chi connectivity index (χ0n) is 14.8. The van der Waals surface area contributed by atoms with Crippen LogP contribution in [0, 0.1) is 0 Å². The molecule has 2 aromatic rings. The van der Waals surface area contributed by atoms with Crippen molar-refractivity contribution in [2.45, 2.75) is 32.4 Å². The van der Waals surface area contributed by atoms with Crippen molar-refractivity contribution in [3.05, 3.63) is 35.5 Å². The predicted molar refractivity (Wildman–Crippen MR) is 95.6 cm³/mol. The number of rotatable bonds is 4. The molecule has 1 fully saturated rings. The average molecular weight is 340 g/mol. The summed E-state index contributed by atoms with van der Waals surface area (Å²) in [5.41, 5.74) is 3.32. The number of nitrogens with one attached hydrogen (secondary N) is 1. The van der Waals surface area contributed by atoms with Crippen LogP contribution in [0.3, 0.4) is 0 Å². The molecule has 0 bridgehead atoms. The van der Waals surface area contributed by atoms with E-state index in [1.54, 1.807) is 4.68 Å². The third-order valence-corrected chi connectivity index (χ3v) is 5.28. The predicted octanol–water partition coefficient (Wildman–Crippen LogP) is 2.19. The van der Waals surface area contributed by atoms with E-state index in [0.29, 0.717) is 24.9 Å². The van der Waals surface area contributed by atoms with E-state index in [0.717, 1.165) is 42.1 Å². The number of carbonyl (C=O) groups is 1. The lowest BCUT2D eigenvalue weighted by molar-refractivity contribution is 0.0933. The summed E-state index contributed by atoms with van der Waals surface area (Å²) >= 11 is 0. The van der Waals surface area contributed by atoms with Crippen LogP contribution in [0.1, 0.15) is 35.8 Å². The summed E-state index contributed by atoms with van der Waals surface area (Å²) < 4.78 is 7.62. The Balaban J connectivity index is 1.55.